The van der Waals surface area contributed by atoms with Crippen LogP contribution >= 0.6 is 0 Å². The van der Waals surface area contributed by atoms with Gasteiger partial charge in [0.2, 0.25) is 0 Å². The Bertz CT molecular complexity index is 1120. The zero-order chi connectivity index (χ0) is 20.5. The molecular weight excluding hydrogens is 387 g/mol. The highest BCUT2D eigenvalue weighted by molar-refractivity contribution is 7.84. The zero-order valence-corrected chi connectivity index (χ0v) is 15.9. The Balaban J connectivity index is 1.81. The number of carbonyl (C=O) groups is 1. The number of halogens is 1. The third kappa shape index (κ3) is 4.38. The van der Waals surface area contributed by atoms with E-state index < -0.39 is 22.0 Å². The molecule has 0 unspecified atom stereocenters. The molecule has 1 aromatic heterocycles. The van der Waals surface area contributed by atoms with E-state index in [4.69, 9.17) is 9.56 Å². The van der Waals surface area contributed by atoms with Crippen molar-refractivity contribution in [2.45, 2.75) is 6.92 Å². The number of nitrogens with two attached hydrogens (primary N) is 1. The molecule has 2 N–H and O–H groups in total. The lowest BCUT2D eigenvalue weighted by Crippen LogP contribution is -2.26. The lowest BCUT2D eigenvalue weighted by Gasteiger charge is -2.18. The molecule has 7 nitrogen and oxygen atoms in total. The summed E-state index contributed by atoms with van der Waals surface area (Å²) in [4.78, 5) is 14.0. The molecule has 0 spiro atoms. The first-order valence-electron chi connectivity index (χ1n) is 8.11. The fraction of sp³-hybridized carbons (Fsp3) is 0.105. The Labute approximate surface area is 161 Å². The Morgan fingerprint density at radius 3 is 2.43 bits per heavy atom. The predicted octanol–water partition coefficient (Wildman–Crippen LogP) is 3.25. The maximum absolute atomic E-state index is 13.5. The van der Waals surface area contributed by atoms with Crippen LogP contribution in [0.15, 0.2) is 59.0 Å². The van der Waals surface area contributed by atoms with Crippen LogP contribution in [0, 0.1) is 12.7 Å². The van der Waals surface area contributed by atoms with E-state index in [0.29, 0.717) is 17.0 Å². The summed E-state index contributed by atoms with van der Waals surface area (Å²) in [6.45, 7) is 1.78. The van der Waals surface area contributed by atoms with Crippen LogP contribution in [-0.4, -0.2) is 21.4 Å². The van der Waals surface area contributed by atoms with Crippen LogP contribution in [0.3, 0.4) is 0 Å². The van der Waals surface area contributed by atoms with Crippen molar-refractivity contribution >= 4 is 21.9 Å². The van der Waals surface area contributed by atoms with Crippen molar-refractivity contribution in [2.24, 2.45) is 5.14 Å². The van der Waals surface area contributed by atoms with Gasteiger partial charge in [0.05, 0.1) is 0 Å². The average molecular weight is 404 g/mol. The smallest absolute Gasteiger partial charge is 0.380 e. The van der Waals surface area contributed by atoms with Gasteiger partial charge >= 0.3 is 10.3 Å². The second-order valence-corrected chi connectivity index (χ2v) is 7.21. The number of carbonyl (C=O) groups excluding carboxylic acids is 1. The SMILES string of the molecule is Cc1ccc(F)cc1N(C)C(=O)c1ccc(-c2ccc(OS(N)(=O)=O)cc2)o1. The molecule has 0 atom stereocenters. The number of furan rings is 1. The largest absolute Gasteiger partial charge is 0.451 e. The van der Waals surface area contributed by atoms with Crippen LogP contribution in [0.5, 0.6) is 5.75 Å². The highest BCUT2D eigenvalue weighted by Crippen LogP contribution is 2.27. The molecule has 0 bridgehead atoms. The summed E-state index contributed by atoms with van der Waals surface area (Å²) in [5.74, 6) is -0.354. The quantitative estimate of drug-likeness (QED) is 0.703. The highest BCUT2D eigenvalue weighted by atomic mass is 32.2. The van der Waals surface area contributed by atoms with E-state index in [0.717, 1.165) is 5.56 Å². The predicted molar refractivity (Wildman–Crippen MR) is 102 cm³/mol. The number of benzene rings is 2. The molecule has 2 aromatic carbocycles. The second-order valence-electron chi connectivity index (χ2n) is 6.06. The van der Waals surface area contributed by atoms with Crippen molar-refractivity contribution in [3.8, 4) is 17.1 Å². The fourth-order valence-electron chi connectivity index (χ4n) is 2.64. The van der Waals surface area contributed by atoms with E-state index in [2.05, 4.69) is 4.18 Å². The molecule has 0 aliphatic rings. The van der Waals surface area contributed by atoms with Gasteiger partial charge in [0.1, 0.15) is 17.3 Å². The third-order valence-corrected chi connectivity index (χ3v) is 4.43. The van der Waals surface area contributed by atoms with E-state index in [9.17, 15) is 17.6 Å². The number of anilines is 1. The first kappa shape index (κ1) is 19.6. The monoisotopic (exact) mass is 404 g/mol. The Morgan fingerprint density at radius 1 is 1.11 bits per heavy atom. The van der Waals surface area contributed by atoms with E-state index in [1.54, 1.807) is 31.2 Å². The number of aryl methyl sites for hydroxylation is 1. The molecule has 1 heterocycles. The standard InChI is InChI=1S/C19H17FN2O5S/c1-12-3-6-14(20)11-16(12)22(2)19(23)18-10-9-17(26-18)13-4-7-15(8-5-13)27-28(21,24)25/h3-11H,1-2H3,(H2,21,24,25). The Morgan fingerprint density at radius 2 is 1.79 bits per heavy atom. The fourth-order valence-corrected chi connectivity index (χ4v) is 3.01. The van der Waals surface area contributed by atoms with Crippen molar-refractivity contribution in [2.75, 3.05) is 11.9 Å². The average Bonchev–Trinajstić information content (AvgIpc) is 3.12. The molecule has 3 rings (SSSR count). The topological polar surface area (TPSA) is 103 Å². The van der Waals surface area contributed by atoms with Gasteiger partial charge in [-0.2, -0.15) is 13.6 Å². The molecule has 146 valence electrons. The first-order valence-corrected chi connectivity index (χ1v) is 9.58. The van der Waals surface area contributed by atoms with Crippen LogP contribution in [0.4, 0.5) is 10.1 Å². The van der Waals surface area contributed by atoms with Crippen LogP contribution < -0.4 is 14.2 Å². The molecule has 3 aromatic rings. The minimum absolute atomic E-state index is 0.0513. The van der Waals surface area contributed by atoms with E-state index in [1.807, 2.05) is 0 Å². The first-order chi connectivity index (χ1) is 13.1. The van der Waals surface area contributed by atoms with Gasteiger partial charge in [-0.25, -0.2) is 4.39 Å². The molecule has 0 aliphatic heterocycles. The lowest BCUT2D eigenvalue weighted by atomic mass is 10.1. The van der Waals surface area contributed by atoms with Gasteiger partial charge in [-0.1, -0.05) is 6.07 Å². The van der Waals surface area contributed by atoms with Gasteiger partial charge in [0, 0.05) is 18.3 Å². The summed E-state index contributed by atoms with van der Waals surface area (Å²) in [6.07, 6.45) is 0. The van der Waals surface area contributed by atoms with Gasteiger partial charge in [-0.05, 0) is 61.0 Å². The maximum Gasteiger partial charge on any atom is 0.380 e. The Kier molecular flexibility index (Phi) is 5.21. The Hall–Kier alpha value is -3.17. The molecular formula is C19H17FN2O5S. The number of hydrogen-bond acceptors (Lipinski definition) is 5. The van der Waals surface area contributed by atoms with Gasteiger partial charge in [0.25, 0.3) is 5.91 Å². The minimum atomic E-state index is -4.10. The van der Waals surface area contributed by atoms with Crippen molar-refractivity contribution < 1.29 is 26.2 Å². The summed E-state index contributed by atoms with van der Waals surface area (Å²) in [6, 6.07) is 13.3. The van der Waals surface area contributed by atoms with Crippen molar-refractivity contribution in [1.82, 2.24) is 0 Å². The maximum atomic E-state index is 13.5. The summed E-state index contributed by atoms with van der Waals surface area (Å²) in [7, 11) is -2.57. The summed E-state index contributed by atoms with van der Waals surface area (Å²) < 4.78 is 45.6. The minimum Gasteiger partial charge on any atom is -0.451 e. The molecule has 0 fully saturated rings. The summed E-state index contributed by atoms with van der Waals surface area (Å²) in [5.41, 5.74) is 1.78. The summed E-state index contributed by atoms with van der Waals surface area (Å²) >= 11 is 0. The van der Waals surface area contributed by atoms with E-state index >= 15 is 0 Å². The molecule has 0 radical (unpaired) electrons. The lowest BCUT2D eigenvalue weighted by molar-refractivity contribution is 0.0967. The van der Waals surface area contributed by atoms with Gasteiger partial charge in [0.15, 0.2) is 5.76 Å². The normalized spacial score (nSPS) is 11.3. The van der Waals surface area contributed by atoms with Crippen LogP contribution in [-0.2, 0) is 10.3 Å². The molecule has 9 heteroatoms. The molecule has 0 aliphatic carbocycles. The number of nitrogens with zero attached hydrogens (tertiary/aromatic N) is 1. The van der Waals surface area contributed by atoms with Crippen molar-refractivity contribution in [3.05, 3.63) is 71.7 Å². The van der Waals surface area contributed by atoms with Crippen LogP contribution in [0.1, 0.15) is 16.1 Å². The molecule has 0 saturated carbocycles. The van der Waals surface area contributed by atoms with Crippen LogP contribution in [0.25, 0.3) is 11.3 Å². The number of amides is 1. The van der Waals surface area contributed by atoms with Gasteiger partial charge in [-0.15, -0.1) is 0 Å². The third-order valence-electron chi connectivity index (χ3n) is 4.01. The molecule has 28 heavy (non-hydrogen) atoms. The highest BCUT2D eigenvalue weighted by Gasteiger charge is 2.20. The van der Waals surface area contributed by atoms with E-state index in [-0.39, 0.29) is 11.5 Å². The van der Waals surface area contributed by atoms with Gasteiger partial charge < -0.3 is 13.5 Å². The second kappa shape index (κ2) is 7.45. The summed E-state index contributed by atoms with van der Waals surface area (Å²) in [5, 5.41) is 4.82. The van der Waals surface area contributed by atoms with E-state index in [1.165, 1.54) is 42.3 Å². The van der Waals surface area contributed by atoms with Crippen LogP contribution in [0.2, 0.25) is 0 Å². The van der Waals surface area contributed by atoms with Crippen molar-refractivity contribution in [1.29, 1.82) is 0 Å². The molecule has 0 saturated heterocycles. The molecule has 1 amide bonds. The van der Waals surface area contributed by atoms with Gasteiger partial charge in [-0.3, -0.25) is 4.79 Å². The number of rotatable bonds is 5. The zero-order valence-electron chi connectivity index (χ0n) is 15.0. The van der Waals surface area contributed by atoms with Crippen molar-refractivity contribution in [3.63, 3.8) is 0 Å². The number of hydrogen-bond donors (Lipinski definition) is 1.